The molecule has 5 nitrogen and oxygen atoms in total. The van der Waals surface area contributed by atoms with Crippen LogP contribution in [0.25, 0.3) is 0 Å². The van der Waals surface area contributed by atoms with Crippen LogP contribution >= 0.6 is 0 Å². The fourth-order valence-corrected chi connectivity index (χ4v) is 4.07. The second kappa shape index (κ2) is 6.31. The maximum absolute atomic E-state index is 6.36. The van der Waals surface area contributed by atoms with Gasteiger partial charge < -0.3 is 23.8 Å². The monoisotopic (exact) mass is 345 g/mol. The topological polar surface area (TPSA) is 40.2 Å². The molecule has 3 aliphatic rings. The average Bonchev–Trinajstić information content (AvgIpc) is 3.15. The van der Waals surface area contributed by atoms with Crippen LogP contribution in [0.1, 0.15) is 37.3 Å². The predicted octanol–water partition coefficient (Wildman–Crippen LogP) is 3.08. The van der Waals surface area contributed by atoms with Crippen LogP contribution in [0.3, 0.4) is 0 Å². The molecule has 0 radical (unpaired) electrons. The molecular formula is C20H27NO4. The van der Waals surface area contributed by atoms with Crippen molar-refractivity contribution in [3.8, 4) is 11.5 Å². The summed E-state index contributed by atoms with van der Waals surface area (Å²) in [5.74, 6) is 1.28. The first-order chi connectivity index (χ1) is 12.0. The molecule has 1 aliphatic carbocycles. The molecule has 1 aromatic carbocycles. The van der Waals surface area contributed by atoms with E-state index >= 15 is 0 Å². The predicted molar refractivity (Wildman–Crippen MR) is 95.1 cm³/mol. The summed E-state index contributed by atoms with van der Waals surface area (Å²) in [6.45, 7) is 6.75. The van der Waals surface area contributed by atoms with Gasteiger partial charge in [0.1, 0.15) is 6.10 Å². The van der Waals surface area contributed by atoms with Gasteiger partial charge >= 0.3 is 0 Å². The molecular weight excluding hydrogens is 318 g/mol. The highest BCUT2D eigenvalue weighted by Crippen LogP contribution is 2.52. The SMILES string of the molecule is CCN(C)Cc1ccc(OC)c2c1C1C=CC3(CC1O2)OCC(C)O3. The molecule has 0 aromatic heterocycles. The van der Waals surface area contributed by atoms with Crippen LogP contribution in [0.4, 0.5) is 0 Å². The Hall–Kier alpha value is -1.56. The molecule has 1 aromatic rings. The lowest BCUT2D eigenvalue weighted by Gasteiger charge is -2.33. The van der Waals surface area contributed by atoms with E-state index in [2.05, 4.69) is 37.1 Å². The highest BCUT2D eigenvalue weighted by atomic mass is 16.7. The lowest BCUT2D eigenvalue weighted by Crippen LogP contribution is -2.39. The molecule has 2 heterocycles. The van der Waals surface area contributed by atoms with E-state index in [1.807, 2.05) is 13.0 Å². The van der Waals surface area contributed by atoms with E-state index in [0.29, 0.717) is 13.0 Å². The quantitative estimate of drug-likeness (QED) is 0.785. The Kier molecular flexibility index (Phi) is 4.26. The number of ether oxygens (including phenoxy) is 4. The van der Waals surface area contributed by atoms with Crippen molar-refractivity contribution in [2.24, 2.45) is 0 Å². The zero-order valence-corrected chi connectivity index (χ0v) is 15.5. The van der Waals surface area contributed by atoms with Crippen molar-refractivity contribution in [2.45, 2.75) is 50.7 Å². The van der Waals surface area contributed by atoms with E-state index in [4.69, 9.17) is 18.9 Å². The highest BCUT2D eigenvalue weighted by Gasteiger charge is 2.49. The Labute approximate surface area is 149 Å². The van der Waals surface area contributed by atoms with E-state index in [1.54, 1.807) is 7.11 Å². The van der Waals surface area contributed by atoms with E-state index in [9.17, 15) is 0 Å². The number of methoxy groups -OCH3 is 1. The van der Waals surface area contributed by atoms with Crippen molar-refractivity contribution >= 4 is 0 Å². The Morgan fingerprint density at radius 2 is 2.20 bits per heavy atom. The minimum absolute atomic E-state index is 0.0206. The maximum Gasteiger partial charge on any atom is 0.191 e. The molecule has 0 N–H and O–H groups in total. The summed E-state index contributed by atoms with van der Waals surface area (Å²) in [7, 11) is 3.83. The summed E-state index contributed by atoms with van der Waals surface area (Å²) >= 11 is 0. The lowest BCUT2D eigenvalue weighted by atomic mass is 9.83. The van der Waals surface area contributed by atoms with E-state index in [0.717, 1.165) is 24.6 Å². The minimum atomic E-state index is -0.629. The highest BCUT2D eigenvalue weighted by molar-refractivity contribution is 5.57. The fraction of sp³-hybridized carbons (Fsp3) is 0.600. The largest absolute Gasteiger partial charge is 0.493 e. The molecule has 2 aliphatic heterocycles. The minimum Gasteiger partial charge on any atom is -0.493 e. The number of fused-ring (bicyclic) bond motifs is 3. The van der Waals surface area contributed by atoms with Gasteiger partial charge in [0.15, 0.2) is 17.3 Å². The Morgan fingerprint density at radius 3 is 2.88 bits per heavy atom. The van der Waals surface area contributed by atoms with Gasteiger partial charge in [-0.2, -0.15) is 0 Å². The van der Waals surface area contributed by atoms with E-state index < -0.39 is 5.79 Å². The summed E-state index contributed by atoms with van der Waals surface area (Å²) in [5.41, 5.74) is 2.55. The standard InChI is InChI=1S/C20H27NO4/c1-5-21(3)11-14-6-7-16(22-4)19-18(14)15-8-9-20(10-17(15)24-19)23-12-13(2)25-20/h6-9,13,15,17H,5,10-12H2,1-4H3. The Morgan fingerprint density at radius 1 is 1.36 bits per heavy atom. The molecule has 4 rings (SSSR count). The lowest BCUT2D eigenvalue weighted by molar-refractivity contribution is -0.149. The fourth-order valence-electron chi connectivity index (χ4n) is 4.07. The summed E-state index contributed by atoms with van der Waals surface area (Å²) in [6.07, 6.45) is 5.13. The third-order valence-electron chi connectivity index (χ3n) is 5.46. The van der Waals surface area contributed by atoms with Crippen LogP contribution in [0.5, 0.6) is 11.5 Å². The molecule has 4 unspecified atom stereocenters. The molecule has 0 amide bonds. The van der Waals surface area contributed by atoms with E-state index in [-0.39, 0.29) is 18.1 Å². The first-order valence-electron chi connectivity index (χ1n) is 9.11. The van der Waals surface area contributed by atoms with Crippen LogP contribution in [-0.2, 0) is 16.0 Å². The molecule has 0 bridgehead atoms. The second-order valence-corrected chi connectivity index (χ2v) is 7.30. The van der Waals surface area contributed by atoms with Crippen molar-refractivity contribution in [3.05, 3.63) is 35.4 Å². The second-order valence-electron chi connectivity index (χ2n) is 7.30. The van der Waals surface area contributed by atoms with Crippen molar-refractivity contribution in [3.63, 3.8) is 0 Å². The number of nitrogens with zero attached hydrogens (tertiary/aromatic N) is 1. The Balaban J connectivity index is 1.69. The van der Waals surface area contributed by atoms with E-state index in [1.165, 1.54) is 11.1 Å². The Bertz CT molecular complexity index is 689. The van der Waals surface area contributed by atoms with Crippen molar-refractivity contribution < 1.29 is 18.9 Å². The molecule has 0 saturated carbocycles. The summed E-state index contributed by atoms with van der Waals surface area (Å²) in [5, 5.41) is 0. The van der Waals surface area contributed by atoms with Crippen molar-refractivity contribution in [1.82, 2.24) is 4.90 Å². The first-order valence-corrected chi connectivity index (χ1v) is 9.11. The number of hydrogen-bond donors (Lipinski definition) is 0. The van der Waals surface area contributed by atoms with Crippen LogP contribution < -0.4 is 9.47 Å². The van der Waals surface area contributed by atoms with Crippen LogP contribution in [-0.4, -0.2) is 50.2 Å². The van der Waals surface area contributed by atoms with Gasteiger partial charge in [0, 0.05) is 24.4 Å². The van der Waals surface area contributed by atoms with Gasteiger partial charge in [-0.15, -0.1) is 0 Å². The van der Waals surface area contributed by atoms with Crippen molar-refractivity contribution in [1.29, 1.82) is 0 Å². The van der Waals surface area contributed by atoms with Crippen LogP contribution in [0.15, 0.2) is 24.3 Å². The number of hydrogen-bond acceptors (Lipinski definition) is 5. The summed E-state index contributed by atoms with van der Waals surface area (Å²) in [6, 6.07) is 4.18. The van der Waals surface area contributed by atoms with Crippen LogP contribution in [0, 0.1) is 0 Å². The third kappa shape index (κ3) is 2.84. The zero-order chi connectivity index (χ0) is 17.6. The maximum atomic E-state index is 6.36. The summed E-state index contributed by atoms with van der Waals surface area (Å²) in [4.78, 5) is 2.30. The third-order valence-corrected chi connectivity index (χ3v) is 5.46. The van der Waals surface area contributed by atoms with Crippen molar-refractivity contribution in [2.75, 3.05) is 27.3 Å². The molecule has 136 valence electrons. The van der Waals surface area contributed by atoms with Gasteiger partial charge in [-0.3, -0.25) is 0 Å². The molecule has 25 heavy (non-hydrogen) atoms. The van der Waals surface area contributed by atoms with Crippen LogP contribution in [0.2, 0.25) is 0 Å². The molecule has 1 spiro atoms. The van der Waals surface area contributed by atoms with Gasteiger partial charge in [-0.1, -0.05) is 19.1 Å². The summed E-state index contributed by atoms with van der Waals surface area (Å²) < 4.78 is 23.9. The van der Waals surface area contributed by atoms with Gasteiger partial charge in [-0.05, 0) is 38.2 Å². The molecule has 1 saturated heterocycles. The first kappa shape index (κ1) is 16.9. The molecule has 5 heteroatoms. The van der Waals surface area contributed by atoms with Gasteiger partial charge in [0.05, 0.1) is 19.8 Å². The number of benzene rings is 1. The molecule has 1 fully saturated rings. The zero-order valence-electron chi connectivity index (χ0n) is 15.5. The number of rotatable bonds is 4. The van der Waals surface area contributed by atoms with Gasteiger partial charge in [0.2, 0.25) is 0 Å². The normalized spacial score (nSPS) is 32.8. The molecule has 4 atom stereocenters. The smallest absolute Gasteiger partial charge is 0.191 e. The average molecular weight is 345 g/mol. The van der Waals surface area contributed by atoms with Gasteiger partial charge in [0.25, 0.3) is 0 Å². The van der Waals surface area contributed by atoms with Gasteiger partial charge in [-0.25, -0.2) is 0 Å².